The SMILES string of the molecule is N#CCCN(Cc1ccco1)C(=O)CN1CCCc2ccccc21. The van der Waals surface area contributed by atoms with Crippen LogP contribution in [0, 0.1) is 11.3 Å². The number of aryl methyl sites for hydroxylation is 1. The molecule has 0 saturated carbocycles. The first kappa shape index (κ1) is 16.1. The Morgan fingerprint density at radius 3 is 2.96 bits per heavy atom. The standard InChI is InChI=1S/C19H21N3O2/c20-10-5-12-22(14-17-8-4-13-24-17)19(23)15-21-11-3-7-16-6-1-2-9-18(16)21/h1-2,4,6,8-9,13H,3,5,7,11-12,14-15H2. The molecule has 1 aromatic carbocycles. The number of anilines is 1. The van der Waals surface area contributed by atoms with Gasteiger partial charge in [0.1, 0.15) is 5.76 Å². The molecule has 2 aromatic rings. The maximum atomic E-state index is 12.8. The van der Waals surface area contributed by atoms with E-state index in [-0.39, 0.29) is 5.91 Å². The van der Waals surface area contributed by atoms with Crippen LogP contribution < -0.4 is 4.90 Å². The predicted octanol–water partition coefficient (Wildman–Crippen LogP) is 2.97. The van der Waals surface area contributed by atoms with Crippen molar-refractivity contribution in [3.8, 4) is 6.07 Å². The topological polar surface area (TPSA) is 60.5 Å². The van der Waals surface area contributed by atoms with Crippen molar-refractivity contribution in [2.45, 2.75) is 25.8 Å². The highest BCUT2D eigenvalue weighted by molar-refractivity contribution is 5.82. The van der Waals surface area contributed by atoms with E-state index < -0.39 is 0 Å². The molecule has 0 bridgehead atoms. The lowest BCUT2D eigenvalue weighted by Crippen LogP contribution is -2.42. The number of fused-ring (bicyclic) bond motifs is 1. The molecule has 1 aliphatic heterocycles. The van der Waals surface area contributed by atoms with E-state index in [4.69, 9.17) is 9.68 Å². The van der Waals surface area contributed by atoms with Crippen LogP contribution in [0.1, 0.15) is 24.2 Å². The number of furan rings is 1. The lowest BCUT2D eigenvalue weighted by Gasteiger charge is -2.32. The smallest absolute Gasteiger partial charge is 0.242 e. The van der Waals surface area contributed by atoms with Gasteiger partial charge in [-0.25, -0.2) is 0 Å². The molecule has 124 valence electrons. The van der Waals surface area contributed by atoms with E-state index >= 15 is 0 Å². The van der Waals surface area contributed by atoms with Gasteiger partial charge in [-0.3, -0.25) is 4.79 Å². The highest BCUT2D eigenvalue weighted by Crippen LogP contribution is 2.26. The second kappa shape index (κ2) is 7.69. The summed E-state index contributed by atoms with van der Waals surface area (Å²) in [6.07, 6.45) is 4.04. The van der Waals surface area contributed by atoms with E-state index in [2.05, 4.69) is 23.1 Å². The van der Waals surface area contributed by atoms with Crippen molar-refractivity contribution in [1.29, 1.82) is 5.26 Å². The van der Waals surface area contributed by atoms with Gasteiger partial charge < -0.3 is 14.2 Å². The van der Waals surface area contributed by atoms with Crippen LogP contribution >= 0.6 is 0 Å². The molecule has 0 radical (unpaired) electrons. The van der Waals surface area contributed by atoms with Gasteiger partial charge in [0, 0.05) is 18.8 Å². The fraction of sp³-hybridized carbons (Fsp3) is 0.368. The van der Waals surface area contributed by atoms with Crippen LogP contribution in [0.5, 0.6) is 0 Å². The molecule has 0 N–H and O–H groups in total. The summed E-state index contributed by atoms with van der Waals surface area (Å²) in [5, 5.41) is 8.85. The van der Waals surface area contributed by atoms with Crippen molar-refractivity contribution < 1.29 is 9.21 Å². The molecule has 5 nitrogen and oxygen atoms in total. The van der Waals surface area contributed by atoms with Crippen LogP contribution in [0.15, 0.2) is 47.1 Å². The van der Waals surface area contributed by atoms with Crippen molar-refractivity contribution in [3.05, 3.63) is 54.0 Å². The number of para-hydroxylation sites is 1. The Labute approximate surface area is 142 Å². The number of amides is 1. The number of hydrogen-bond acceptors (Lipinski definition) is 4. The minimum Gasteiger partial charge on any atom is -0.467 e. The van der Waals surface area contributed by atoms with Crippen molar-refractivity contribution in [3.63, 3.8) is 0 Å². The number of rotatable bonds is 6. The summed E-state index contributed by atoms with van der Waals surface area (Å²) in [7, 11) is 0. The molecule has 3 rings (SSSR count). The quantitative estimate of drug-likeness (QED) is 0.820. The highest BCUT2D eigenvalue weighted by atomic mass is 16.3. The Kier molecular flexibility index (Phi) is 5.17. The molecule has 0 spiro atoms. The maximum Gasteiger partial charge on any atom is 0.242 e. The van der Waals surface area contributed by atoms with E-state index in [1.165, 1.54) is 5.56 Å². The fourth-order valence-corrected chi connectivity index (χ4v) is 3.11. The molecular weight excluding hydrogens is 302 g/mol. The molecular formula is C19H21N3O2. The van der Waals surface area contributed by atoms with E-state index in [1.807, 2.05) is 24.3 Å². The molecule has 2 heterocycles. The molecule has 24 heavy (non-hydrogen) atoms. The summed E-state index contributed by atoms with van der Waals surface area (Å²) in [6, 6.07) is 14.0. The van der Waals surface area contributed by atoms with Gasteiger partial charge in [-0.2, -0.15) is 5.26 Å². The van der Waals surface area contributed by atoms with Crippen molar-refractivity contribution in [2.75, 3.05) is 24.5 Å². The van der Waals surface area contributed by atoms with Crippen molar-refractivity contribution in [2.24, 2.45) is 0 Å². The summed E-state index contributed by atoms with van der Waals surface area (Å²) in [6.45, 7) is 2.05. The first-order valence-electron chi connectivity index (χ1n) is 8.28. The van der Waals surface area contributed by atoms with Crippen LogP contribution in [-0.2, 0) is 17.8 Å². The molecule has 0 aliphatic carbocycles. The fourth-order valence-electron chi connectivity index (χ4n) is 3.11. The molecule has 5 heteroatoms. The van der Waals surface area contributed by atoms with E-state index in [0.717, 1.165) is 30.8 Å². The minimum atomic E-state index is 0.0263. The van der Waals surface area contributed by atoms with Gasteiger partial charge >= 0.3 is 0 Å². The normalized spacial score (nSPS) is 13.2. The van der Waals surface area contributed by atoms with Crippen LogP contribution in [0.2, 0.25) is 0 Å². The molecule has 0 atom stereocenters. The number of carbonyl (C=O) groups excluding carboxylic acids is 1. The summed E-state index contributed by atoms with van der Waals surface area (Å²) in [5.74, 6) is 0.763. The Hall–Kier alpha value is -2.74. The van der Waals surface area contributed by atoms with Crippen LogP contribution in [-0.4, -0.2) is 30.4 Å². The summed E-state index contributed by atoms with van der Waals surface area (Å²) < 4.78 is 5.35. The number of benzene rings is 1. The second-order valence-electron chi connectivity index (χ2n) is 5.96. The predicted molar refractivity (Wildman–Crippen MR) is 91.3 cm³/mol. The highest BCUT2D eigenvalue weighted by Gasteiger charge is 2.22. The Bertz CT molecular complexity index is 718. The number of carbonyl (C=O) groups is 1. The summed E-state index contributed by atoms with van der Waals surface area (Å²) in [5.41, 5.74) is 2.45. The number of nitrogens with zero attached hydrogens (tertiary/aromatic N) is 3. The van der Waals surface area contributed by atoms with E-state index in [9.17, 15) is 4.79 Å². The van der Waals surface area contributed by atoms with Crippen LogP contribution in [0.25, 0.3) is 0 Å². The zero-order valence-corrected chi connectivity index (χ0v) is 13.6. The molecule has 0 saturated heterocycles. The number of hydrogen-bond donors (Lipinski definition) is 0. The van der Waals surface area contributed by atoms with Gasteiger partial charge in [0.2, 0.25) is 5.91 Å². The first-order chi connectivity index (χ1) is 11.8. The van der Waals surface area contributed by atoms with Gasteiger partial charge in [0.15, 0.2) is 0 Å². The Balaban J connectivity index is 1.70. The van der Waals surface area contributed by atoms with Gasteiger partial charge in [-0.05, 0) is 36.6 Å². The zero-order chi connectivity index (χ0) is 16.8. The van der Waals surface area contributed by atoms with Gasteiger partial charge in [-0.15, -0.1) is 0 Å². The van der Waals surface area contributed by atoms with E-state index in [1.54, 1.807) is 11.2 Å². The molecule has 1 amide bonds. The molecule has 0 unspecified atom stereocenters. The monoisotopic (exact) mass is 323 g/mol. The summed E-state index contributed by atoms with van der Waals surface area (Å²) in [4.78, 5) is 16.6. The Morgan fingerprint density at radius 1 is 1.29 bits per heavy atom. The average molecular weight is 323 g/mol. The molecule has 1 aromatic heterocycles. The molecule has 1 aliphatic rings. The van der Waals surface area contributed by atoms with Gasteiger partial charge in [0.25, 0.3) is 0 Å². The zero-order valence-electron chi connectivity index (χ0n) is 13.6. The van der Waals surface area contributed by atoms with E-state index in [0.29, 0.717) is 26.1 Å². The maximum absolute atomic E-state index is 12.8. The molecule has 0 fully saturated rings. The number of nitriles is 1. The van der Waals surface area contributed by atoms with Crippen LogP contribution in [0.4, 0.5) is 5.69 Å². The third-order valence-electron chi connectivity index (χ3n) is 4.31. The lowest BCUT2D eigenvalue weighted by atomic mass is 10.0. The Morgan fingerprint density at radius 2 is 2.17 bits per heavy atom. The third kappa shape index (κ3) is 3.77. The average Bonchev–Trinajstić information content (AvgIpc) is 3.12. The van der Waals surface area contributed by atoms with Crippen molar-refractivity contribution >= 4 is 11.6 Å². The first-order valence-corrected chi connectivity index (χ1v) is 8.28. The largest absolute Gasteiger partial charge is 0.467 e. The van der Waals surface area contributed by atoms with Crippen molar-refractivity contribution in [1.82, 2.24) is 4.90 Å². The van der Waals surface area contributed by atoms with Gasteiger partial charge in [0.05, 0.1) is 31.8 Å². The van der Waals surface area contributed by atoms with Crippen LogP contribution in [0.3, 0.4) is 0 Å². The third-order valence-corrected chi connectivity index (χ3v) is 4.31. The lowest BCUT2D eigenvalue weighted by molar-refractivity contribution is -0.130. The summed E-state index contributed by atoms with van der Waals surface area (Å²) >= 11 is 0. The van der Waals surface area contributed by atoms with Gasteiger partial charge in [-0.1, -0.05) is 18.2 Å². The minimum absolute atomic E-state index is 0.0263. The second-order valence-corrected chi connectivity index (χ2v) is 5.96.